The molecule has 0 radical (unpaired) electrons. The van der Waals surface area contributed by atoms with Crippen LogP contribution in [0.5, 0.6) is 0 Å². The number of hydrogen-bond acceptors (Lipinski definition) is 2. The summed E-state index contributed by atoms with van der Waals surface area (Å²) in [5.74, 6) is -1.32. The second-order valence-corrected chi connectivity index (χ2v) is 4.90. The lowest BCUT2D eigenvalue weighted by Gasteiger charge is -2.34. The molecule has 0 heterocycles. The number of rotatable bonds is 4. The molecule has 0 aromatic heterocycles. The van der Waals surface area contributed by atoms with E-state index in [1.807, 2.05) is 0 Å². The molecule has 1 aromatic rings. The summed E-state index contributed by atoms with van der Waals surface area (Å²) in [7, 11) is 1.49. The van der Waals surface area contributed by atoms with Crippen molar-refractivity contribution in [3.05, 3.63) is 34.9 Å². The molecule has 98 valence electrons. The molecule has 0 aliphatic heterocycles. The minimum absolute atomic E-state index is 0.232. The van der Waals surface area contributed by atoms with Crippen molar-refractivity contribution < 1.29 is 14.7 Å². The second-order valence-electron chi connectivity index (χ2n) is 4.46. The smallest absolute Gasteiger partial charge is 0.329 e. The van der Waals surface area contributed by atoms with Crippen LogP contribution in [0.2, 0.25) is 5.02 Å². The van der Waals surface area contributed by atoms with Crippen LogP contribution in [-0.4, -0.2) is 34.5 Å². The van der Waals surface area contributed by atoms with Gasteiger partial charge in [0.15, 0.2) is 0 Å². The molecule has 4 nitrogen and oxygen atoms in total. The lowest BCUT2D eigenvalue weighted by molar-refractivity contribution is -0.155. The average molecular weight is 270 g/mol. The van der Waals surface area contributed by atoms with Crippen LogP contribution in [0.1, 0.15) is 19.4 Å². The molecule has 0 bridgehead atoms. The zero-order valence-electron chi connectivity index (χ0n) is 10.6. The third-order valence-corrected chi connectivity index (χ3v) is 3.39. The summed E-state index contributed by atoms with van der Waals surface area (Å²) in [5, 5.41) is 9.94. The van der Waals surface area contributed by atoms with Crippen molar-refractivity contribution in [3.8, 4) is 0 Å². The van der Waals surface area contributed by atoms with Gasteiger partial charge in [-0.15, -0.1) is 0 Å². The highest BCUT2D eigenvalue weighted by atomic mass is 35.5. The van der Waals surface area contributed by atoms with E-state index in [9.17, 15) is 14.7 Å². The topological polar surface area (TPSA) is 57.6 Å². The number of hydrogen-bond donors (Lipinski definition) is 1. The highest BCUT2D eigenvalue weighted by molar-refractivity contribution is 6.30. The summed E-state index contributed by atoms with van der Waals surface area (Å²) in [6.45, 7) is 2.88. The van der Waals surface area contributed by atoms with E-state index in [4.69, 9.17) is 11.6 Å². The number of amides is 1. The van der Waals surface area contributed by atoms with Crippen molar-refractivity contribution in [2.45, 2.75) is 25.8 Å². The number of likely N-dealkylation sites (N-methyl/N-ethyl adjacent to an activating group) is 1. The molecule has 5 heteroatoms. The molecular weight excluding hydrogens is 254 g/mol. The Labute approximate surface area is 111 Å². The van der Waals surface area contributed by atoms with Crippen LogP contribution >= 0.6 is 11.6 Å². The molecule has 18 heavy (non-hydrogen) atoms. The van der Waals surface area contributed by atoms with Gasteiger partial charge in [-0.2, -0.15) is 0 Å². The summed E-state index contributed by atoms with van der Waals surface area (Å²) in [5.41, 5.74) is -0.447. The SMILES string of the molecule is CC(=O)N(C)C(C)(Cc1ccc(Cl)cc1)C(=O)O. The Bertz CT molecular complexity index is 458. The molecule has 0 aliphatic carbocycles. The lowest BCUT2D eigenvalue weighted by atomic mass is 9.91. The molecule has 0 spiro atoms. The highest BCUT2D eigenvalue weighted by Gasteiger charge is 2.39. The number of carbonyl (C=O) groups is 2. The Morgan fingerprint density at radius 2 is 1.83 bits per heavy atom. The van der Waals surface area contributed by atoms with E-state index in [0.717, 1.165) is 5.56 Å². The van der Waals surface area contributed by atoms with Gasteiger partial charge < -0.3 is 10.0 Å². The largest absolute Gasteiger partial charge is 0.479 e. The van der Waals surface area contributed by atoms with Crippen molar-refractivity contribution in [1.29, 1.82) is 0 Å². The van der Waals surface area contributed by atoms with Gasteiger partial charge in [-0.25, -0.2) is 4.79 Å². The zero-order valence-corrected chi connectivity index (χ0v) is 11.4. The predicted molar refractivity (Wildman–Crippen MR) is 69.6 cm³/mol. The first-order chi connectivity index (χ1) is 8.27. The average Bonchev–Trinajstić information content (AvgIpc) is 2.30. The quantitative estimate of drug-likeness (QED) is 0.912. The maximum atomic E-state index is 11.4. The van der Waals surface area contributed by atoms with Crippen LogP contribution in [0, 0.1) is 0 Å². The summed E-state index contributed by atoms with van der Waals surface area (Å²) in [6.07, 6.45) is 0.232. The van der Waals surface area contributed by atoms with Crippen LogP contribution in [0.25, 0.3) is 0 Å². The fourth-order valence-corrected chi connectivity index (χ4v) is 1.81. The lowest BCUT2D eigenvalue weighted by Crippen LogP contribution is -2.54. The fraction of sp³-hybridized carbons (Fsp3) is 0.385. The number of aliphatic carboxylic acids is 1. The van der Waals surface area contributed by atoms with Gasteiger partial charge in [0.1, 0.15) is 5.54 Å². The standard InChI is InChI=1S/C13H16ClNO3/c1-9(16)15(3)13(2,12(17)18)8-10-4-6-11(14)7-5-10/h4-7H,8H2,1-3H3,(H,17,18). The van der Waals surface area contributed by atoms with Gasteiger partial charge >= 0.3 is 5.97 Å². The molecule has 1 rings (SSSR count). The number of benzene rings is 1. The zero-order chi connectivity index (χ0) is 13.9. The van der Waals surface area contributed by atoms with Crippen molar-refractivity contribution >= 4 is 23.5 Å². The fourth-order valence-electron chi connectivity index (χ4n) is 1.68. The Kier molecular flexibility index (Phi) is 4.35. The molecule has 0 saturated heterocycles. The Morgan fingerprint density at radius 3 is 2.22 bits per heavy atom. The molecule has 1 atom stereocenters. The first-order valence-electron chi connectivity index (χ1n) is 5.49. The van der Waals surface area contributed by atoms with Crippen LogP contribution < -0.4 is 0 Å². The first kappa shape index (κ1) is 14.5. The third kappa shape index (κ3) is 3.01. The van der Waals surface area contributed by atoms with Crippen molar-refractivity contribution in [3.63, 3.8) is 0 Å². The van der Waals surface area contributed by atoms with E-state index in [2.05, 4.69) is 0 Å². The first-order valence-corrected chi connectivity index (χ1v) is 5.87. The minimum Gasteiger partial charge on any atom is -0.479 e. The number of carboxylic acid groups (broad SMARTS) is 1. The number of carbonyl (C=O) groups excluding carboxylic acids is 1. The van der Waals surface area contributed by atoms with E-state index in [0.29, 0.717) is 5.02 Å². The van der Waals surface area contributed by atoms with E-state index in [1.165, 1.54) is 25.8 Å². The highest BCUT2D eigenvalue weighted by Crippen LogP contribution is 2.21. The van der Waals surface area contributed by atoms with Crippen LogP contribution in [-0.2, 0) is 16.0 Å². The van der Waals surface area contributed by atoms with Gasteiger partial charge in [0, 0.05) is 25.4 Å². The van der Waals surface area contributed by atoms with Gasteiger partial charge in [0.2, 0.25) is 5.91 Å². The van der Waals surface area contributed by atoms with Gasteiger partial charge in [-0.05, 0) is 24.6 Å². The van der Waals surface area contributed by atoms with Gasteiger partial charge in [-0.3, -0.25) is 4.79 Å². The Hall–Kier alpha value is -1.55. The second kappa shape index (κ2) is 5.40. The summed E-state index contributed by atoms with van der Waals surface area (Å²) in [6, 6.07) is 6.93. The normalized spacial score (nSPS) is 13.8. The minimum atomic E-state index is -1.26. The van der Waals surface area contributed by atoms with Crippen molar-refractivity contribution in [1.82, 2.24) is 4.90 Å². The molecule has 0 aliphatic rings. The molecule has 1 unspecified atom stereocenters. The molecule has 0 saturated carbocycles. The van der Waals surface area contributed by atoms with Gasteiger partial charge in [0.25, 0.3) is 0 Å². The molecule has 0 fully saturated rings. The predicted octanol–water partition coefficient (Wildman–Crippen LogP) is 2.20. The molecule has 1 N–H and O–H groups in total. The van der Waals surface area contributed by atoms with Gasteiger partial charge in [0.05, 0.1) is 0 Å². The van der Waals surface area contributed by atoms with E-state index < -0.39 is 11.5 Å². The Morgan fingerprint density at radius 1 is 1.33 bits per heavy atom. The summed E-state index contributed by atoms with van der Waals surface area (Å²) < 4.78 is 0. The maximum Gasteiger partial charge on any atom is 0.329 e. The number of nitrogens with zero attached hydrogens (tertiary/aromatic N) is 1. The monoisotopic (exact) mass is 269 g/mol. The number of halogens is 1. The van der Waals surface area contributed by atoms with E-state index in [-0.39, 0.29) is 12.3 Å². The number of carboxylic acids is 1. The third-order valence-electron chi connectivity index (χ3n) is 3.13. The van der Waals surface area contributed by atoms with Crippen LogP contribution in [0.3, 0.4) is 0 Å². The molecular formula is C13H16ClNO3. The summed E-state index contributed by atoms with van der Waals surface area (Å²) in [4.78, 5) is 24.0. The van der Waals surface area contributed by atoms with Crippen LogP contribution in [0.4, 0.5) is 0 Å². The Balaban J connectivity index is 3.03. The van der Waals surface area contributed by atoms with Gasteiger partial charge in [-0.1, -0.05) is 23.7 Å². The maximum absolute atomic E-state index is 11.4. The molecule has 1 aromatic carbocycles. The van der Waals surface area contributed by atoms with Crippen LogP contribution in [0.15, 0.2) is 24.3 Å². The van der Waals surface area contributed by atoms with Crippen molar-refractivity contribution in [2.24, 2.45) is 0 Å². The van der Waals surface area contributed by atoms with E-state index >= 15 is 0 Å². The molecule has 1 amide bonds. The van der Waals surface area contributed by atoms with Crippen molar-refractivity contribution in [2.75, 3.05) is 7.05 Å². The van der Waals surface area contributed by atoms with E-state index in [1.54, 1.807) is 24.3 Å². The summed E-state index contributed by atoms with van der Waals surface area (Å²) >= 11 is 5.78.